The SMILES string of the molecule is Cc1nc(C(C)Nc2ccc(Cl)c(C(=O)N(C)C)c2)cs1. The lowest BCUT2D eigenvalue weighted by Crippen LogP contribution is -2.22. The first kappa shape index (κ1) is 15.8. The number of halogens is 1. The lowest BCUT2D eigenvalue weighted by atomic mass is 10.1. The molecule has 0 fully saturated rings. The number of hydrogen-bond acceptors (Lipinski definition) is 4. The summed E-state index contributed by atoms with van der Waals surface area (Å²) in [5.74, 6) is -0.110. The molecule has 0 aliphatic rings. The summed E-state index contributed by atoms with van der Waals surface area (Å²) in [5, 5.41) is 6.88. The molecule has 0 radical (unpaired) electrons. The summed E-state index contributed by atoms with van der Waals surface area (Å²) < 4.78 is 0. The van der Waals surface area contributed by atoms with Gasteiger partial charge in [0.05, 0.1) is 27.3 Å². The third kappa shape index (κ3) is 3.74. The van der Waals surface area contributed by atoms with Gasteiger partial charge in [0.15, 0.2) is 0 Å². The number of nitrogens with zero attached hydrogens (tertiary/aromatic N) is 2. The van der Waals surface area contributed by atoms with Gasteiger partial charge in [-0.05, 0) is 32.0 Å². The normalized spacial score (nSPS) is 12.0. The van der Waals surface area contributed by atoms with E-state index in [0.29, 0.717) is 10.6 Å². The Balaban J connectivity index is 2.21. The highest BCUT2D eigenvalue weighted by Crippen LogP contribution is 2.25. The van der Waals surface area contributed by atoms with Crippen LogP contribution in [-0.4, -0.2) is 29.9 Å². The van der Waals surface area contributed by atoms with Gasteiger partial charge in [-0.3, -0.25) is 4.79 Å². The summed E-state index contributed by atoms with van der Waals surface area (Å²) in [7, 11) is 3.42. The molecular weight excluding hydrogens is 306 g/mol. The lowest BCUT2D eigenvalue weighted by molar-refractivity contribution is 0.0828. The molecule has 6 heteroatoms. The van der Waals surface area contributed by atoms with Gasteiger partial charge in [0.2, 0.25) is 0 Å². The van der Waals surface area contributed by atoms with Crippen molar-refractivity contribution < 1.29 is 4.79 Å². The van der Waals surface area contributed by atoms with E-state index >= 15 is 0 Å². The van der Waals surface area contributed by atoms with E-state index < -0.39 is 0 Å². The van der Waals surface area contributed by atoms with Crippen LogP contribution in [0.4, 0.5) is 5.69 Å². The van der Waals surface area contributed by atoms with Gasteiger partial charge < -0.3 is 10.2 Å². The molecule has 0 saturated carbocycles. The summed E-state index contributed by atoms with van der Waals surface area (Å²) in [6.07, 6.45) is 0. The first-order valence-electron chi connectivity index (χ1n) is 6.58. The zero-order valence-electron chi connectivity index (χ0n) is 12.5. The fourth-order valence-electron chi connectivity index (χ4n) is 1.92. The number of aromatic nitrogens is 1. The molecule has 0 aliphatic heterocycles. The van der Waals surface area contributed by atoms with Gasteiger partial charge in [0.25, 0.3) is 5.91 Å². The van der Waals surface area contributed by atoms with Crippen molar-refractivity contribution in [3.05, 3.63) is 44.9 Å². The third-order valence-electron chi connectivity index (χ3n) is 3.07. The van der Waals surface area contributed by atoms with Crippen molar-refractivity contribution in [1.29, 1.82) is 0 Å². The van der Waals surface area contributed by atoms with Gasteiger partial charge in [0, 0.05) is 25.2 Å². The van der Waals surface area contributed by atoms with Gasteiger partial charge in [-0.15, -0.1) is 11.3 Å². The Bertz CT molecular complexity index is 654. The van der Waals surface area contributed by atoms with Crippen molar-refractivity contribution in [2.24, 2.45) is 0 Å². The molecule has 1 atom stereocenters. The van der Waals surface area contributed by atoms with Crippen molar-refractivity contribution in [1.82, 2.24) is 9.88 Å². The van der Waals surface area contributed by atoms with Gasteiger partial charge >= 0.3 is 0 Å². The minimum absolute atomic E-state index is 0.0680. The van der Waals surface area contributed by atoms with Gasteiger partial charge in [-0.25, -0.2) is 4.98 Å². The monoisotopic (exact) mass is 323 g/mol. The number of thiazole rings is 1. The van der Waals surface area contributed by atoms with Gasteiger partial charge in [0.1, 0.15) is 0 Å². The molecule has 1 aromatic heterocycles. The van der Waals surface area contributed by atoms with Crippen molar-refractivity contribution in [2.75, 3.05) is 19.4 Å². The van der Waals surface area contributed by atoms with Crippen molar-refractivity contribution >= 4 is 34.5 Å². The summed E-state index contributed by atoms with van der Waals surface area (Å²) >= 11 is 7.73. The van der Waals surface area contributed by atoms with E-state index in [9.17, 15) is 4.79 Å². The topological polar surface area (TPSA) is 45.2 Å². The Morgan fingerprint density at radius 3 is 2.71 bits per heavy atom. The molecule has 4 nitrogen and oxygen atoms in total. The van der Waals surface area contributed by atoms with Crippen LogP contribution in [0.3, 0.4) is 0 Å². The third-order valence-corrected chi connectivity index (χ3v) is 4.19. The maximum atomic E-state index is 12.1. The first-order valence-corrected chi connectivity index (χ1v) is 7.84. The average Bonchev–Trinajstić information content (AvgIpc) is 2.86. The van der Waals surface area contributed by atoms with Gasteiger partial charge in [-0.2, -0.15) is 0 Å². The molecule has 2 rings (SSSR count). The van der Waals surface area contributed by atoms with E-state index in [4.69, 9.17) is 11.6 Å². The second-order valence-electron chi connectivity index (χ2n) is 5.05. The van der Waals surface area contributed by atoms with Gasteiger partial charge in [-0.1, -0.05) is 11.6 Å². The van der Waals surface area contributed by atoms with E-state index in [1.807, 2.05) is 25.3 Å². The highest BCUT2D eigenvalue weighted by Gasteiger charge is 2.15. The smallest absolute Gasteiger partial charge is 0.254 e. The minimum Gasteiger partial charge on any atom is -0.377 e. The highest BCUT2D eigenvalue weighted by atomic mass is 35.5. The maximum Gasteiger partial charge on any atom is 0.254 e. The second-order valence-corrected chi connectivity index (χ2v) is 6.52. The number of nitrogens with one attached hydrogen (secondary N) is 1. The fourth-order valence-corrected chi connectivity index (χ4v) is 2.83. The molecule has 1 amide bonds. The molecule has 1 unspecified atom stereocenters. The van der Waals surface area contributed by atoms with Crippen molar-refractivity contribution in [2.45, 2.75) is 19.9 Å². The molecule has 0 bridgehead atoms. The molecule has 2 aromatic rings. The van der Waals surface area contributed by atoms with Crippen molar-refractivity contribution in [3.63, 3.8) is 0 Å². The molecule has 1 heterocycles. The van der Waals surface area contributed by atoms with E-state index in [-0.39, 0.29) is 11.9 Å². The number of benzene rings is 1. The Hall–Kier alpha value is -1.59. The molecule has 21 heavy (non-hydrogen) atoms. The van der Waals surface area contributed by atoms with Crippen LogP contribution >= 0.6 is 22.9 Å². The van der Waals surface area contributed by atoms with Crippen LogP contribution in [0.5, 0.6) is 0 Å². The maximum absolute atomic E-state index is 12.1. The molecular formula is C15H18ClN3OS. The summed E-state index contributed by atoms with van der Waals surface area (Å²) in [6, 6.07) is 5.45. The molecule has 1 N–H and O–H groups in total. The van der Waals surface area contributed by atoms with E-state index in [1.54, 1.807) is 37.6 Å². The largest absolute Gasteiger partial charge is 0.377 e. The molecule has 1 aromatic carbocycles. The molecule has 0 spiro atoms. The number of aryl methyl sites for hydroxylation is 1. The number of anilines is 1. The number of carbonyl (C=O) groups is 1. The first-order chi connectivity index (χ1) is 9.88. The number of amides is 1. The Kier molecular flexibility index (Phi) is 4.85. The van der Waals surface area contributed by atoms with Crippen LogP contribution in [0.2, 0.25) is 5.02 Å². The highest BCUT2D eigenvalue weighted by molar-refractivity contribution is 7.09. The average molecular weight is 324 g/mol. The van der Waals surface area contributed by atoms with Crippen LogP contribution in [0, 0.1) is 6.92 Å². The predicted molar refractivity (Wildman–Crippen MR) is 88.4 cm³/mol. The molecule has 0 aliphatic carbocycles. The second kappa shape index (κ2) is 6.45. The van der Waals surface area contributed by atoms with Crippen LogP contribution in [0.1, 0.15) is 34.0 Å². The quantitative estimate of drug-likeness (QED) is 0.925. The number of hydrogen-bond donors (Lipinski definition) is 1. The fraction of sp³-hybridized carbons (Fsp3) is 0.333. The zero-order valence-corrected chi connectivity index (χ0v) is 14.0. The molecule has 112 valence electrons. The van der Waals surface area contributed by atoms with Crippen LogP contribution < -0.4 is 5.32 Å². The Labute approximate surface area is 133 Å². The zero-order chi connectivity index (χ0) is 15.6. The van der Waals surface area contributed by atoms with Crippen molar-refractivity contribution in [3.8, 4) is 0 Å². The number of carbonyl (C=O) groups excluding carboxylic acids is 1. The number of rotatable bonds is 4. The van der Waals surface area contributed by atoms with Crippen LogP contribution in [0.15, 0.2) is 23.6 Å². The predicted octanol–water partition coefficient (Wildman–Crippen LogP) is 3.98. The van der Waals surface area contributed by atoms with Crippen LogP contribution in [0.25, 0.3) is 0 Å². The van der Waals surface area contributed by atoms with E-state index in [0.717, 1.165) is 16.4 Å². The Morgan fingerprint density at radius 1 is 1.43 bits per heavy atom. The summed E-state index contributed by atoms with van der Waals surface area (Å²) in [4.78, 5) is 18.1. The van der Waals surface area contributed by atoms with E-state index in [1.165, 1.54) is 4.90 Å². The minimum atomic E-state index is -0.110. The summed E-state index contributed by atoms with van der Waals surface area (Å²) in [5.41, 5.74) is 2.34. The standard InChI is InChI=1S/C15H18ClN3OS/c1-9(14-8-21-10(2)18-14)17-11-5-6-13(16)12(7-11)15(20)19(3)4/h5-9,17H,1-4H3. The Morgan fingerprint density at radius 2 is 2.14 bits per heavy atom. The molecule has 0 saturated heterocycles. The lowest BCUT2D eigenvalue weighted by Gasteiger charge is -2.16. The van der Waals surface area contributed by atoms with E-state index in [2.05, 4.69) is 10.3 Å². The van der Waals surface area contributed by atoms with Crippen LogP contribution in [-0.2, 0) is 0 Å². The summed E-state index contributed by atoms with van der Waals surface area (Å²) in [6.45, 7) is 4.02.